The second-order valence-corrected chi connectivity index (χ2v) is 3.82. The number of hydrogen-bond acceptors (Lipinski definition) is 4. The van der Waals surface area contributed by atoms with E-state index in [0.29, 0.717) is 0 Å². The summed E-state index contributed by atoms with van der Waals surface area (Å²) in [6.45, 7) is 0. The van der Waals surface area contributed by atoms with Crippen LogP contribution in [0, 0.1) is 0 Å². The molecule has 0 radical (unpaired) electrons. The number of aromatic nitrogens is 1. The first-order valence-corrected chi connectivity index (χ1v) is 4.49. The third kappa shape index (κ3) is 1.42. The van der Waals surface area contributed by atoms with E-state index in [1.54, 1.807) is 6.07 Å². The summed E-state index contributed by atoms with van der Waals surface area (Å²) in [7, 11) is -4.05. The maximum atomic E-state index is 11.0. The monoisotopic (exact) mass is 186 g/mol. The van der Waals surface area contributed by atoms with Gasteiger partial charge in [-0.05, 0) is 12.1 Å². The molecule has 0 aromatic carbocycles. The molecule has 0 bridgehead atoms. The number of pyridine rings is 1. The van der Waals surface area contributed by atoms with E-state index in [1.807, 2.05) is 0 Å². The molecular formula is C6H6N2O3S. The van der Waals surface area contributed by atoms with Gasteiger partial charge in [-0.3, -0.25) is 4.79 Å². The summed E-state index contributed by atoms with van der Waals surface area (Å²) in [6, 6.07) is 4.21. The Kier molecular flexibility index (Phi) is 2.09. The molecular weight excluding hydrogens is 180 g/mol. The molecule has 2 N–H and O–H groups in total. The van der Waals surface area contributed by atoms with Crippen LogP contribution in [-0.2, 0) is 9.84 Å². The van der Waals surface area contributed by atoms with Gasteiger partial charge < -0.3 is 5.73 Å². The van der Waals surface area contributed by atoms with E-state index in [9.17, 15) is 13.2 Å². The van der Waals surface area contributed by atoms with Gasteiger partial charge in [0.2, 0.25) is 0 Å². The number of hydrogen-bond donors (Lipinski definition) is 1. The molecule has 0 aliphatic carbocycles. The van der Waals surface area contributed by atoms with Crippen LogP contribution in [0.3, 0.4) is 0 Å². The van der Waals surface area contributed by atoms with Crippen molar-refractivity contribution in [1.29, 1.82) is 0 Å². The van der Waals surface area contributed by atoms with Gasteiger partial charge in [-0.2, -0.15) is 0 Å². The van der Waals surface area contributed by atoms with Crippen LogP contribution < -0.4 is 5.73 Å². The molecule has 12 heavy (non-hydrogen) atoms. The first-order chi connectivity index (χ1) is 5.55. The van der Waals surface area contributed by atoms with Crippen molar-refractivity contribution in [3.05, 3.63) is 24.4 Å². The number of nitrogens with two attached hydrogens (primary N) is 1. The Labute approximate surface area is 69.1 Å². The minimum Gasteiger partial charge on any atom is -0.356 e. The Bertz CT molecular complexity index is 385. The summed E-state index contributed by atoms with van der Waals surface area (Å²) in [6.07, 6.45) is 1.27. The highest BCUT2D eigenvalue weighted by molar-refractivity contribution is 8.05. The zero-order chi connectivity index (χ0) is 9.19. The van der Waals surface area contributed by atoms with E-state index >= 15 is 0 Å². The molecule has 0 aliphatic rings. The summed E-state index contributed by atoms with van der Waals surface area (Å²) in [5.74, 6) is 0. The smallest absolute Gasteiger partial charge is 0.340 e. The van der Waals surface area contributed by atoms with Crippen molar-refractivity contribution in [2.24, 2.45) is 5.73 Å². The first kappa shape index (κ1) is 8.66. The van der Waals surface area contributed by atoms with E-state index in [2.05, 4.69) is 10.7 Å². The third-order valence-electron chi connectivity index (χ3n) is 1.18. The second-order valence-electron chi connectivity index (χ2n) is 1.99. The standard InChI is InChI=1S/C6H6N2O3S/c7-6(9)12(10,11)5-3-1-2-4-8-5/h1-4H,(H2,7,9). The summed E-state index contributed by atoms with van der Waals surface area (Å²) < 4.78 is 22.0. The van der Waals surface area contributed by atoms with Crippen LogP contribution in [-0.4, -0.2) is 18.6 Å². The number of primary amides is 1. The average molecular weight is 186 g/mol. The lowest BCUT2D eigenvalue weighted by Gasteiger charge is -1.95. The maximum Gasteiger partial charge on any atom is 0.340 e. The van der Waals surface area contributed by atoms with Gasteiger partial charge in [-0.1, -0.05) is 6.07 Å². The van der Waals surface area contributed by atoms with Crippen molar-refractivity contribution in [3.8, 4) is 0 Å². The van der Waals surface area contributed by atoms with E-state index in [-0.39, 0.29) is 5.03 Å². The maximum absolute atomic E-state index is 11.0. The molecule has 0 saturated heterocycles. The molecule has 0 spiro atoms. The highest BCUT2D eigenvalue weighted by Gasteiger charge is 2.21. The summed E-state index contributed by atoms with van der Waals surface area (Å²) in [5.41, 5.74) is 4.64. The van der Waals surface area contributed by atoms with Gasteiger partial charge in [0.1, 0.15) is 0 Å². The third-order valence-corrected chi connectivity index (χ3v) is 2.50. The molecule has 6 heteroatoms. The molecule has 0 atom stereocenters. The van der Waals surface area contributed by atoms with Gasteiger partial charge >= 0.3 is 5.24 Å². The molecule has 1 rings (SSSR count). The van der Waals surface area contributed by atoms with Crippen LogP contribution in [0.2, 0.25) is 0 Å². The topological polar surface area (TPSA) is 90.1 Å². The van der Waals surface area contributed by atoms with E-state index in [1.165, 1.54) is 18.3 Å². The van der Waals surface area contributed by atoms with Crippen molar-refractivity contribution >= 4 is 15.1 Å². The first-order valence-electron chi connectivity index (χ1n) is 3.00. The van der Waals surface area contributed by atoms with Crippen molar-refractivity contribution in [2.75, 3.05) is 0 Å². The van der Waals surface area contributed by atoms with Gasteiger partial charge in [-0.25, -0.2) is 13.4 Å². The van der Waals surface area contributed by atoms with Crippen molar-refractivity contribution in [3.63, 3.8) is 0 Å². The second kappa shape index (κ2) is 2.90. The summed E-state index contributed by atoms with van der Waals surface area (Å²) in [4.78, 5) is 13.9. The Hall–Kier alpha value is -1.43. The Balaban J connectivity index is 3.26. The van der Waals surface area contributed by atoms with E-state index in [0.717, 1.165) is 0 Å². The van der Waals surface area contributed by atoms with Crippen LogP contribution in [0.1, 0.15) is 0 Å². The lowest BCUT2D eigenvalue weighted by Crippen LogP contribution is -2.22. The van der Waals surface area contributed by atoms with Gasteiger partial charge in [0, 0.05) is 6.20 Å². The molecule has 0 fully saturated rings. The minimum atomic E-state index is -4.05. The number of carbonyl (C=O) groups is 1. The highest BCUT2D eigenvalue weighted by Crippen LogP contribution is 2.05. The SMILES string of the molecule is NC(=O)S(=O)(=O)c1ccccn1. The number of amides is 1. The van der Waals surface area contributed by atoms with E-state index < -0.39 is 15.1 Å². The van der Waals surface area contributed by atoms with E-state index in [4.69, 9.17) is 0 Å². The number of carbonyl (C=O) groups excluding carboxylic acids is 1. The predicted octanol–water partition coefficient (Wildman–Crippen LogP) is -0.0660. The van der Waals surface area contributed by atoms with Crippen LogP contribution in [0.4, 0.5) is 4.79 Å². The quantitative estimate of drug-likeness (QED) is 0.664. The zero-order valence-electron chi connectivity index (χ0n) is 5.97. The Morgan fingerprint density at radius 3 is 2.50 bits per heavy atom. The fourth-order valence-corrected chi connectivity index (χ4v) is 1.27. The number of nitrogens with zero attached hydrogens (tertiary/aromatic N) is 1. The minimum absolute atomic E-state index is 0.322. The molecule has 0 saturated carbocycles. The van der Waals surface area contributed by atoms with Crippen molar-refractivity contribution in [1.82, 2.24) is 4.98 Å². The van der Waals surface area contributed by atoms with Gasteiger partial charge in [0.15, 0.2) is 5.03 Å². The zero-order valence-corrected chi connectivity index (χ0v) is 6.78. The van der Waals surface area contributed by atoms with Crippen LogP contribution in [0.5, 0.6) is 0 Å². The Morgan fingerprint density at radius 2 is 2.08 bits per heavy atom. The molecule has 64 valence electrons. The van der Waals surface area contributed by atoms with Crippen molar-refractivity contribution in [2.45, 2.75) is 5.03 Å². The number of rotatable bonds is 1. The van der Waals surface area contributed by atoms with Crippen molar-refractivity contribution < 1.29 is 13.2 Å². The predicted molar refractivity (Wildman–Crippen MR) is 41.0 cm³/mol. The largest absolute Gasteiger partial charge is 0.356 e. The molecule has 1 aromatic heterocycles. The average Bonchev–Trinajstić information content (AvgIpc) is 2.06. The normalized spacial score (nSPS) is 11.0. The van der Waals surface area contributed by atoms with Gasteiger partial charge in [0.05, 0.1) is 0 Å². The number of sulfone groups is 1. The molecule has 1 aromatic rings. The molecule has 5 nitrogen and oxygen atoms in total. The fourth-order valence-electron chi connectivity index (χ4n) is 0.609. The molecule has 1 amide bonds. The summed E-state index contributed by atoms with van der Waals surface area (Å²) in [5, 5.41) is -1.71. The highest BCUT2D eigenvalue weighted by atomic mass is 32.2. The fraction of sp³-hybridized carbons (Fsp3) is 0. The Morgan fingerprint density at radius 1 is 1.42 bits per heavy atom. The van der Waals surface area contributed by atoms with Crippen LogP contribution in [0.15, 0.2) is 29.4 Å². The summed E-state index contributed by atoms with van der Waals surface area (Å²) >= 11 is 0. The lowest BCUT2D eigenvalue weighted by atomic mass is 10.5. The van der Waals surface area contributed by atoms with Gasteiger partial charge in [-0.15, -0.1) is 0 Å². The molecule has 0 unspecified atom stereocenters. The van der Waals surface area contributed by atoms with Crippen LogP contribution >= 0.6 is 0 Å². The van der Waals surface area contributed by atoms with Gasteiger partial charge in [0.25, 0.3) is 9.84 Å². The molecule has 0 aliphatic heterocycles. The lowest BCUT2D eigenvalue weighted by molar-refractivity contribution is 0.265. The van der Waals surface area contributed by atoms with Crippen LogP contribution in [0.25, 0.3) is 0 Å². The molecule has 1 heterocycles.